The van der Waals surface area contributed by atoms with Gasteiger partial charge in [0.2, 0.25) is 10.3 Å². The molecular weight excluding hydrogens is 768 g/mol. The van der Waals surface area contributed by atoms with Crippen molar-refractivity contribution in [2.45, 2.75) is 91.7 Å². The maximum Gasteiger partial charge on any atom is 0.212 e. The Labute approximate surface area is 309 Å². The molecule has 0 N–H and O–H groups in total. The highest BCUT2D eigenvalue weighted by atomic mass is 79.9. The molecule has 0 amide bonds. The van der Waals surface area contributed by atoms with Crippen molar-refractivity contribution in [1.82, 2.24) is 29.7 Å². The molecule has 2 aliphatic carbocycles. The number of allylic oxidation sites excluding steroid dienone is 1. The number of rotatable bonds is 8. The number of halogens is 2. The van der Waals surface area contributed by atoms with Crippen molar-refractivity contribution in [1.29, 1.82) is 0 Å². The fourth-order valence-corrected chi connectivity index (χ4v) is 9.21. The maximum atomic E-state index is 4.64. The van der Waals surface area contributed by atoms with Gasteiger partial charge in [-0.3, -0.25) is 5.01 Å². The molecule has 8 nitrogen and oxygen atoms in total. The molecule has 3 aliphatic rings. The van der Waals surface area contributed by atoms with Crippen LogP contribution in [0, 0.1) is 0 Å². The summed E-state index contributed by atoms with van der Waals surface area (Å²) in [6.07, 6.45) is 20.8. The third kappa shape index (κ3) is 8.73. The summed E-state index contributed by atoms with van der Waals surface area (Å²) >= 11 is 10.7. The van der Waals surface area contributed by atoms with Crippen molar-refractivity contribution in [2.24, 2.45) is 5.10 Å². The second-order valence-electron chi connectivity index (χ2n) is 12.3. The lowest BCUT2D eigenvalue weighted by atomic mass is 9.89. The van der Waals surface area contributed by atoms with E-state index in [4.69, 9.17) is 0 Å². The van der Waals surface area contributed by atoms with Crippen LogP contribution in [0.25, 0.3) is 12.2 Å². The highest BCUT2D eigenvalue weighted by Crippen LogP contribution is 2.41. The van der Waals surface area contributed by atoms with Crippen molar-refractivity contribution >= 4 is 73.8 Å². The average molecular weight is 811 g/mol. The van der Waals surface area contributed by atoms with Crippen molar-refractivity contribution in [2.75, 3.05) is 18.3 Å². The topological polar surface area (TPSA) is 77.0 Å². The summed E-state index contributed by atoms with van der Waals surface area (Å²) in [5.41, 5.74) is 2.34. The predicted octanol–water partition coefficient (Wildman–Crippen LogP) is 10.1. The minimum atomic E-state index is 0.207. The van der Waals surface area contributed by atoms with Crippen LogP contribution >= 0.6 is 55.4 Å². The first-order valence-electron chi connectivity index (χ1n) is 16.7. The van der Waals surface area contributed by atoms with Gasteiger partial charge < -0.3 is 0 Å². The standard InChI is InChI=1S/2C18H21BrN4S/c1-22-17(15(19)12-13-8-4-2-5-9-13)24-18-21-20-16(23(18)22)14-10-6-3-7-11-14;1-24-18-22-21-17(15-10-6-3-7-11-15)23(18)20-13-16(19)12-14-8-4-2-5-9-14/h2,4-5,8-9,12,14,17H,3,6-7,10-11H2,1H3;2,4-5,8-9,12-13,15H,3,6-7,10-11H2,1H3/b;16-12?,20-13-. The number of nitrogens with zero attached hydrogens (tertiary/aromatic N) is 8. The van der Waals surface area contributed by atoms with Gasteiger partial charge in [0, 0.05) is 27.8 Å². The molecule has 48 heavy (non-hydrogen) atoms. The highest BCUT2D eigenvalue weighted by Gasteiger charge is 2.35. The van der Waals surface area contributed by atoms with E-state index in [0.29, 0.717) is 11.8 Å². The minimum absolute atomic E-state index is 0.207. The SMILES string of the molecule is CN1C(C(Br)=Cc2ccccc2)Sc2nnc(C3CCCCC3)n21.CSc1nnc(C2CCCCC2)n1/N=C\C(Br)=Cc1ccccc1. The quantitative estimate of drug-likeness (QED) is 0.130. The number of hydrogen-bond donors (Lipinski definition) is 0. The van der Waals surface area contributed by atoms with Gasteiger partial charge >= 0.3 is 0 Å². The zero-order valence-electron chi connectivity index (χ0n) is 27.5. The average Bonchev–Trinajstić information content (AvgIpc) is 3.84. The van der Waals surface area contributed by atoms with Gasteiger partial charge in [0.25, 0.3) is 0 Å². The summed E-state index contributed by atoms with van der Waals surface area (Å²) in [5, 5.41) is 26.6. The molecular formula is C36H42Br2N8S2. The van der Waals surface area contributed by atoms with Crippen molar-refractivity contribution in [3.63, 3.8) is 0 Å². The largest absolute Gasteiger partial charge is 0.294 e. The molecule has 0 saturated heterocycles. The zero-order valence-corrected chi connectivity index (χ0v) is 32.3. The van der Waals surface area contributed by atoms with Crippen LogP contribution in [-0.4, -0.2) is 54.6 Å². The Bertz CT molecular complexity index is 1710. The smallest absolute Gasteiger partial charge is 0.212 e. The van der Waals surface area contributed by atoms with E-state index >= 15 is 0 Å². The molecule has 3 heterocycles. The van der Waals surface area contributed by atoms with Gasteiger partial charge in [0.05, 0.1) is 6.21 Å². The van der Waals surface area contributed by atoms with E-state index in [0.717, 1.165) is 36.5 Å². The van der Waals surface area contributed by atoms with E-state index in [9.17, 15) is 0 Å². The second-order valence-corrected chi connectivity index (χ2v) is 16.0. The molecule has 252 valence electrons. The summed E-state index contributed by atoms with van der Waals surface area (Å²) in [4.78, 5) is 0. The van der Waals surface area contributed by atoms with Crippen LogP contribution in [0.2, 0.25) is 0 Å². The van der Waals surface area contributed by atoms with Crippen LogP contribution in [0.1, 0.15) is 98.8 Å². The molecule has 12 heteroatoms. The van der Waals surface area contributed by atoms with E-state index in [1.165, 1.54) is 69.8 Å². The molecule has 7 rings (SSSR count). The number of benzene rings is 2. The molecule has 1 unspecified atom stereocenters. The first kappa shape index (κ1) is 35.2. The zero-order chi connectivity index (χ0) is 33.3. The van der Waals surface area contributed by atoms with E-state index in [-0.39, 0.29) is 5.37 Å². The Hall–Kier alpha value is -2.67. The van der Waals surface area contributed by atoms with Gasteiger partial charge in [0.1, 0.15) is 5.37 Å². The number of likely N-dealkylation sites (N-methyl/N-ethyl adjacent to an activating group) is 1. The van der Waals surface area contributed by atoms with Crippen LogP contribution in [0.5, 0.6) is 0 Å². The summed E-state index contributed by atoms with van der Waals surface area (Å²) in [5.74, 6) is 3.16. The Balaban J connectivity index is 0.000000167. The Morgan fingerprint density at radius 3 is 1.94 bits per heavy atom. The fraction of sp³-hybridized carbons (Fsp3) is 0.417. The molecule has 1 atom stereocenters. The summed E-state index contributed by atoms with van der Waals surface area (Å²) < 4.78 is 6.21. The summed E-state index contributed by atoms with van der Waals surface area (Å²) in [6, 6.07) is 20.6. The molecule has 2 saturated carbocycles. The van der Waals surface area contributed by atoms with Crippen LogP contribution in [0.3, 0.4) is 0 Å². The van der Waals surface area contributed by atoms with E-state index in [1.807, 2.05) is 47.5 Å². The summed E-state index contributed by atoms with van der Waals surface area (Å²) in [7, 11) is 2.13. The first-order chi connectivity index (χ1) is 23.5. The van der Waals surface area contributed by atoms with Crippen molar-refractivity contribution in [3.05, 3.63) is 92.4 Å². The van der Waals surface area contributed by atoms with E-state index in [1.54, 1.807) is 23.5 Å². The second kappa shape index (κ2) is 17.3. The number of thioether (sulfide) groups is 2. The first-order valence-corrected chi connectivity index (χ1v) is 20.4. The molecule has 4 aromatic rings. The van der Waals surface area contributed by atoms with Gasteiger partial charge in [-0.1, -0.05) is 139 Å². The van der Waals surface area contributed by atoms with Crippen LogP contribution in [0.15, 0.2) is 85.0 Å². The third-order valence-corrected chi connectivity index (χ3v) is 12.3. The Morgan fingerprint density at radius 1 is 0.771 bits per heavy atom. The molecule has 2 aromatic carbocycles. The molecule has 2 fully saturated rings. The lowest BCUT2D eigenvalue weighted by molar-refractivity contribution is 0.411. The molecule has 2 aromatic heterocycles. The number of aromatic nitrogens is 6. The van der Waals surface area contributed by atoms with Gasteiger partial charge in [-0.2, -0.15) is 9.78 Å². The molecule has 0 bridgehead atoms. The maximum absolute atomic E-state index is 4.64. The van der Waals surface area contributed by atoms with Crippen LogP contribution < -0.4 is 5.01 Å². The van der Waals surface area contributed by atoms with Crippen LogP contribution in [0.4, 0.5) is 0 Å². The Kier molecular flexibility index (Phi) is 12.7. The van der Waals surface area contributed by atoms with Gasteiger partial charge in [0.15, 0.2) is 11.6 Å². The van der Waals surface area contributed by atoms with Crippen molar-refractivity contribution < 1.29 is 0 Å². The minimum Gasteiger partial charge on any atom is -0.294 e. The summed E-state index contributed by atoms with van der Waals surface area (Å²) in [6.45, 7) is 0. The molecule has 0 spiro atoms. The highest BCUT2D eigenvalue weighted by molar-refractivity contribution is 9.12. The monoisotopic (exact) mass is 808 g/mol. The van der Waals surface area contributed by atoms with Gasteiger partial charge in [-0.15, -0.1) is 20.4 Å². The van der Waals surface area contributed by atoms with Crippen molar-refractivity contribution in [3.8, 4) is 0 Å². The lowest BCUT2D eigenvalue weighted by Gasteiger charge is -2.26. The third-order valence-electron chi connectivity index (χ3n) is 9.01. The predicted molar refractivity (Wildman–Crippen MR) is 208 cm³/mol. The molecule has 0 radical (unpaired) electrons. The van der Waals surface area contributed by atoms with Gasteiger partial charge in [-0.05, 0) is 71.1 Å². The fourth-order valence-electron chi connectivity index (χ4n) is 6.54. The number of hydrogen-bond acceptors (Lipinski definition) is 8. The van der Waals surface area contributed by atoms with E-state index < -0.39 is 0 Å². The van der Waals surface area contributed by atoms with E-state index in [2.05, 4.69) is 117 Å². The number of fused-ring (bicyclic) bond motifs is 1. The molecule has 1 aliphatic heterocycles. The van der Waals surface area contributed by atoms with Gasteiger partial charge in [-0.25, -0.2) is 4.68 Å². The van der Waals surface area contributed by atoms with Crippen LogP contribution in [-0.2, 0) is 0 Å². The normalized spacial score (nSPS) is 19.4. The Morgan fingerprint density at radius 2 is 1.33 bits per heavy atom. The lowest BCUT2D eigenvalue weighted by Crippen LogP contribution is -2.35.